The summed E-state index contributed by atoms with van der Waals surface area (Å²) in [6, 6.07) is 16.8. The number of aryl methyl sites for hydroxylation is 1. The molecule has 0 amide bonds. The van der Waals surface area contributed by atoms with Crippen molar-refractivity contribution in [2.75, 3.05) is 5.32 Å². The molecule has 0 fully saturated rings. The number of anilines is 1. The maximum Gasteiger partial charge on any atom is 0.161 e. The zero-order valence-corrected chi connectivity index (χ0v) is 19.7. The third-order valence-electron chi connectivity index (χ3n) is 8.39. The van der Waals surface area contributed by atoms with Gasteiger partial charge in [-0.3, -0.25) is 4.40 Å². The van der Waals surface area contributed by atoms with Crippen molar-refractivity contribution in [3.05, 3.63) is 83.6 Å². The zero-order chi connectivity index (χ0) is 23.8. The van der Waals surface area contributed by atoms with Crippen LogP contribution < -0.4 is 10.5 Å². The summed E-state index contributed by atoms with van der Waals surface area (Å²) < 4.78 is 15.8. The standard InChI is InChI=1S/C32H19N3O2/c1-5-14-22-16(8-1)24-25-17-9-2-6-15-23(17)37-31(25)29-26(30(24)36-22)18-10-7-11-19-27-32(35(29)28(18)19)34-21-13-4-3-12-20(21)33-27/h1-6,8-9,11-15,21,34H,7,10H2. The fourth-order valence-corrected chi connectivity index (χ4v) is 6.94. The molecule has 5 heteroatoms. The van der Waals surface area contributed by atoms with Gasteiger partial charge in [0.25, 0.3) is 0 Å². The lowest BCUT2D eigenvalue weighted by atomic mass is 9.97. The first-order valence-electron chi connectivity index (χ1n) is 12.8. The Hall–Kier alpha value is -4.77. The molecule has 174 valence electrons. The number of allylic oxidation sites excluding steroid dienone is 2. The Morgan fingerprint density at radius 2 is 1.59 bits per heavy atom. The molecule has 1 aliphatic heterocycles. The van der Waals surface area contributed by atoms with Crippen LogP contribution in [0.5, 0.6) is 0 Å². The van der Waals surface area contributed by atoms with Crippen molar-refractivity contribution in [3.8, 4) is 0 Å². The van der Waals surface area contributed by atoms with E-state index < -0.39 is 0 Å². The van der Waals surface area contributed by atoms with Crippen LogP contribution in [0, 0.1) is 0 Å². The van der Waals surface area contributed by atoms with Gasteiger partial charge < -0.3 is 14.2 Å². The average molecular weight is 478 g/mol. The molecule has 0 spiro atoms. The van der Waals surface area contributed by atoms with Crippen LogP contribution in [0.2, 0.25) is 0 Å². The number of furan rings is 2. The fraction of sp³-hybridized carbons (Fsp3) is 0.0938. The van der Waals surface area contributed by atoms with Crippen LogP contribution in [0.25, 0.3) is 66.4 Å². The Morgan fingerprint density at radius 1 is 0.838 bits per heavy atom. The summed E-state index contributed by atoms with van der Waals surface area (Å²) in [5.41, 5.74) is 9.37. The van der Waals surface area contributed by atoms with Gasteiger partial charge in [0.15, 0.2) is 5.58 Å². The highest BCUT2D eigenvalue weighted by atomic mass is 16.3. The quantitative estimate of drug-likeness (QED) is 0.249. The minimum absolute atomic E-state index is 0.0544. The van der Waals surface area contributed by atoms with Gasteiger partial charge in [-0.15, -0.1) is 0 Å². The van der Waals surface area contributed by atoms with E-state index in [0.29, 0.717) is 0 Å². The SMILES string of the molecule is C1=CC2=Nc3c(n4c5c(c6c7oc8ccccc8c7c7c8ccccc8oc7c64)CCC=c35)NC2C=C1. The molecular weight excluding hydrogens is 458 g/mol. The summed E-state index contributed by atoms with van der Waals surface area (Å²) >= 11 is 0. The molecule has 0 radical (unpaired) electrons. The number of fused-ring (bicyclic) bond motifs is 16. The van der Waals surface area contributed by atoms with Crippen LogP contribution in [-0.2, 0) is 6.42 Å². The van der Waals surface area contributed by atoms with Crippen molar-refractivity contribution in [1.29, 1.82) is 0 Å². The summed E-state index contributed by atoms with van der Waals surface area (Å²) in [7, 11) is 0. The molecule has 1 unspecified atom stereocenters. The molecule has 5 nitrogen and oxygen atoms in total. The lowest BCUT2D eigenvalue weighted by molar-refractivity contribution is 0.667. The number of aromatic nitrogens is 1. The summed E-state index contributed by atoms with van der Waals surface area (Å²) in [4.78, 5) is 5.16. The summed E-state index contributed by atoms with van der Waals surface area (Å²) in [6.07, 6.45) is 12.7. The lowest BCUT2D eigenvalue weighted by Crippen LogP contribution is -2.30. The van der Waals surface area contributed by atoms with Gasteiger partial charge in [0.2, 0.25) is 0 Å². The maximum atomic E-state index is 6.72. The number of aliphatic imine (C=N–C) groups is 1. The number of hydrogen-bond acceptors (Lipinski definition) is 4. The first-order valence-corrected chi connectivity index (χ1v) is 12.8. The van der Waals surface area contributed by atoms with Crippen molar-refractivity contribution in [2.24, 2.45) is 4.99 Å². The highest BCUT2D eigenvalue weighted by Gasteiger charge is 2.33. The second kappa shape index (κ2) is 6.13. The molecule has 7 aromatic rings. The summed E-state index contributed by atoms with van der Waals surface area (Å²) in [5, 5.41) is 10.7. The summed E-state index contributed by atoms with van der Waals surface area (Å²) in [6.45, 7) is 0. The molecule has 0 saturated carbocycles. The molecule has 5 heterocycles. The first-order chi connectivity index (χ1) is 18.4. The van der Waals surface area contributed by atoms with Gasteiger partial charge in [0, 0.05) is 26.8 Å². The number of rotatable bonds is 0. The van der Waals surface area contributed by atoms with Gasteiger partial charge in [-0.2, -0.15) is 0 Å². The minimum Gasteiger partial charge on any atom is -0.455 e. The number of para-hydroxylation sites is 2. The second-order valence-electron chi connectivity index (χ2n) is 10.2. The van der Waals surface area contributed by atoms with E-state index in [4.69, 9.17) is 13.8 Å². The van der Waals surface area contributed by atoms with Crippen molar-refractivity contribution >= 4 is 83.6 Å². The smallest absolute Gasteiger partial charge is 0.161 e. The molecule has 10 rings (SSSR count). The molecule has 1 atom stereocenters. The van der Waals surface area contributed by atoms with E-state index in [1.807, 2.05) is 12.1 Å². The van der Waals surface area contributed by atoms with Crippen molar-refractivity contribution < 1.29 is 8.83 Å². The van der Waals surface area contributed by atoms with E-state index in [1.165, 1.54) is 21.7 Å². The molecular formula is C32H19N3O2. The Morgan fingerprint density at radius 3 is 2.43 bits per heavy atom. The van der Waals surface area contributed by atoms with Crippen LogP contribution in [0.4, 0.5) is 11.5 Å². The third kappa shape index (κ3) is 2.04. The highest BCUT2D eigenvalue weighted by molar-refractivity contribution is 6.35. The number of nitrogens with one attached hydrogen (secondary N) is 1. The van der Waals surface area contributed by atoms with Crippen LogP contribution >= 0.6 is 0 Å². The van der Waals surface area contributed by atoms with E-state index in [9.17, 15) is 0 Å². The fourth-order valence-electron chi connectivity index (χ4n) is 6.94. The molecule has 0 saturated heterocycles. The topological polar surface area (TPSA) is 55.1 Å². The molecule has 0 bridgehead atoms. The predicted molar refractivity (Wildman–Crippen MR) is 150 cm³/mol. The molecule has 4 aromatic heterocycles. The molecule has 2 aliphatic carbocycles. The molecule has 3 aromatic carbocycles. The molecule has 1 N–H and O–H groups in total. The van der Waals surface area contributed by atoms with Crippen LogP contribution in [-0.4, -0.2) is 16.2 Å². The second-order valence-corrected chi connectivity index (χ2v) is 10.2. The molecule has 3 aliphatic rings. The highest BCUT2D eigenvalue weighted by Crippen LogP contribution is 2.49. The van der Waals surface area contributed by atoms with Crippen molar-refractivity contribution in [2.45, 2.75) is 18.9 Å². The van der Waals surface area contributed by atoms with E-state index in [1.54, 1.807) is 0 Å². The van der Waals surface area contributed by atoms with Gasteiger partial charge in [0.1, 0.15) is 33.8 Å². The Balaban J connectivity index is 1.53. The van der Waals surface area contributed by atoms with Crippen LogP contribution in [0.15, 0.2) is 86.7 Å². The van der Waals surface area contributed by atoms with E-state index in [-0.39, 0.29) is 6.04 Å². The number of benzene rings is 3. The minimum atomic E-state index is 0.0544. The first kappa shape index (κ1) is 18.5. The maximum absolute atomic E-state index is 6.72. The zero-order valence-electron chi connectivity index (χ0n) is 19.7. The van der Waals surface area contributed by atoms with Gasteiger partial charge in [-0.05, 0) is 36.6 Å². The Labute approximate surface area is 209 Å². The number of nitrogens with zero attached hydrogens (tertiary/aromatic N) is 2. The van der Waals surface area contributed by atoms with E-state index >= 15 is 0 Å². The van der Waals surface area contributed by atoms with Crippen LogP contribution in [0.3, 0.4) is 0 Å². The predicted octanol–water partition coefficient (Wildman–Crippen LogP) is 7.33. The third-order valence-corrected chi connectivity index (χ3v) is 8.39. The van der Waals surface area contributed by atoms with Gasteiger partial charge in [0.05, 0.1) is 22.7 Å². The van der Waals surface area contributed by atoms with Crippen LogP contribution in [0.1, 0.15) is 12.0 Å². The van der Waals surface area contributed by atoms with E-state index in [0.717, 1.165) is 79.5 Å². The Bertz CT molecular complexity index is 2340. The molecule has 37 heavy (non-hydrogen) atoms. The Kier molecular flexibility index (Phi) is 3.06. The largest absolute Gasteiger partial charge is 0.455 e. The van der Waals surface area contributed by atoms with Crippen molar-refractivity contribution in [3.63, 3.8) is 0 Å². The van der Waals surface area contributed by atoms with Gasteiger partial charge in [-0.1, -0.05) is 60.7 Å². The summed E-state index contributed by atoms with van der Waals surface area (Å²) in [5.74, 6) is 1.03. The van der Waals surface area contributed by atoms with Gasteiger partial charge >= 0.3 is 0 Å². The number of hydrogen-bond donors (Lipinski definition) is 1. The lowest BCUT2D eigenvalue weighted by Gasteiger charge is -2.23. The van der Waals surface area contributed by atoms with E-state index in [2.05, 4.69) is 76.5 Å². The monoisotopic (exact) mass is 477 g/mol. The normalized spacial score (nSPS) is 18.2. The van der Waals surface area contributed by atoms with Crippen molar-refractivity contribution in [1.82, 2.24) is 4.40 Å². The average Bonchev–Trinajstić information content (AvgIpc) is 3.68. The van der Waals surface area contributed by atoms with Gasteiger partial charge in [-0.25, -0.2) is 4.99 Å².